The number of ketones is 1. The van der Waals surface area contributed by atoms with Crippen molar-refractivity contribution in [3.05, 3.63) is 24.3 Å². The quantitative estimate of drug-likeness (QED) is 0.786. The number of nitrogens with zero attached hydrogens (tertiary/aromatic N) is 1. The first-order valence-electron chi connectivity index (χ1n) is 6.34. The number of Topliss-reactive ketones (excluding diaryl/α,β-unsaturated/α-hetero) is 1. The van der Waals surface area contributed by atoms with Crippen LogP contribution in [0.2, 0.25) is 0 Å². The maximum Gasteiger partial charge on any atom is 0.151 e. The molecule has 1 aromatic carbocycles. The Hall–Kier alpha value is -0.870. The molecule has 4 heteroatoms. The van der Waals surface area contributed by atoms with Crippen LogP contribution < -0.4 is 0 Å². The Morgan fingerprint density at radius 3 is 3.06 bits per heavy atom. The zero-order chi connectivity index (χ0) is 12.4. The lowest BCUT2D eigenvalue weighted by Crippen LogP contribution is -2.06. The van der Waals surface area contributed by atoms with Gasteiger partial charge in [-0.25, -0.2) is 4.98 Å². The highest BCUT2D eigenvalue weighted by molar-refractivity contribution is 8.01. The first kappa shape index (κ1) is 12.2. The number of para-hydroxylation sites is 1. The number of fused-ring (bicyclic) bond motifs is 1. The minimum atomic E-state index is 0.326. The summed E-state index contributed by atoms with van der Waals surface area (Å²) in [5.41, 5.74) is 1.09. The first-order valence-corrected chi connectivity index (χ1v) is 8.14. The Morgan fingerprint density at radius 1 is 1.39 bits per heavy atom. The molecule has 1 unspecified atom stereocenters. The molecule has 1 aliphatic carbocycles. The highest BCUT2D eigenvalue weighted by Crippen LogP contribution is 2.32. The predicted molar refractivity (Wildman–Crippen MR) is 77.3 cm³/mol. The average Bonchev–Trinajstić information content (AvgIpc) is 2.96. The highest BCUT2D eigenvalue weighted by Gasteiger charge is 2.23. The summed E-state index contributed by atoms with van der Waals surface area (Å²) in [4.78, 5) is 16.1. The van der Waals surface area contributed by atoms with Crippen molar-refractivity contribution in [2.75, 3.05) is 5.75 Å². The standard InChI is InChI=1S/C14H15NOS2/c16-12-6-3-4-10(12)8-9-17-14-15-11-5-1-2-7-13(11)18-14/h1-2,5,7,10H,3-4,6,8-9H2. The fourth-order valence-corrected chi connectivity index (χ4v) is 4.59. The van der Waals surface area contributed by atoms with E-state index in [9.17, 15) is 4.79 Å². The van der Waals surface area contributed by atoms with Gasteiger partial charge in [-0.15, -0.1) is 11.3 Å². The van der Waals surface area contributed by atoms with E-state index in [4.69, 9.17) is 0 Å². The largest absolute Gasteiger partial charge is 0.299 e. The molecule has 1 heterocycles. The number of rotatable bonds is 4. The summed E-state index contributed by atoms with van der Waals surface area (Å²) in [6, 6.07) is 8.23. The van der Waals surface area contributed by atoms with Crippen LogP contribution in [0.4, 0.5) is 0 Å². The summed E-state index contributed by atoms with van der Waals surface area (Å²) in [5, 5.41) is 0. The number of benzene rings is 1. The van der Waals surface area contributed by atoms with Gasteiger partial charge in [-0.2, -0.15) is 0 Å². The lowest BCUT2D eigenvalue weighted by Gasteiger charge is -2.05. The molecule has 1 saturated carbocycles. The molecule has 0 N–H and O–H groups in total. The van der Waals surface area contributed by atoms with Crippen molar-refractivity contribution >= 4 is 39.1 Å². The molecular weight excluding hydrogens is 262 g/mol. The van der Waals surface area contributed by atoms with Gasteiger partial charge in [0.15, 0.2) is 4.34 Å². The summed E-state index contributed by atoms with van der Waals surface area (Å²) in [5.74, 6) is 1.81. The molecule has 2 aromatic rings. The highest BCUT2D eigenvalue weighted by atomic mass is 32.2. The molecule has 18 heavy (non-hydrogen) atoms. The van der Waals surface area contributed by atoms with Crippen LogP contribution in [0.5, 0.6) is 0 Å². The third kappa shape index (κ3) is 2.59. The second kappa shape index (κ2) is 5.41. The van der Waals surface area contributed by atoms with Crippen molar-refractivity contribution in [2.45, 2.75) is 30.0 Å². The molecule has 1 aliphatic rings. The van der Waals surface area contributed by atoms with Gasteiger partial charge in [0.2, 0.25) is 0 Å². The fraction of sp³-hybridized carbons (Fsp3) is 0.429. The second-order valence-corrected chi connectivity index (χ2v) is 7.01. The van der Waals surface area contributed by atoms with Gasteiger partial charge in [-0.3, -0.25) is 4.79 Å². The van der Waals surface area contributed by atoms with E-state index in [0.717, 1.165) is 41.3 Å². The molecule has 3 rings (SSSR count). The zero-order valence-corrected chi connectivity index (χ0v) is 11.7. The van der Waals surface area contributed by atoms with Gasteiger partial charge in [-0.05, 0) is 31.4 Å². The Kier molecular flexibility index (Phi) is 3.66. The Bertz CT molecular complexity index is 531. The van der Waals surface area contributed by atoms with E-state index in [-0.39, 0.29) is 0 Å². The summed E-state index contributed by atoms with van der Waals surface area (Å²) in [6.45, 7) is 0. The maximum atomic E-state index is 11.5. The predicted octanol–water partition coefficient (Wildman–Crippen LogP) is 4.15. The van der Waals surface area contributed by atoms with Crippen LogP contribution in [-0.4, -0.2) is 16.5 Å². The molecule has 2 nitrogen and oxygen atoms in total. The van der Waals surface area contributed by atoms with Gasteiger partial charge >= 0.3 is 0 Å². The number of aromatic nitrogens is 1. The summed E-state index contributed by atoms with van der Waals surface area (Å²) in [6.07, 6.45) is 4.00. The molecule has 0 aliphatic heterocycles. The first-order chi connectivity index (χ1) is 8.83. The van der Waals surface area contributed by atoms with Gasteiger partial charge in [0, 0.05) is 18.1 Å². The van der Waals surface area contributed by atoms with Crippen LogP contribution in [0, 0.1) is 5.92 Å². The molecule has 0 saturated heterocycles. The molecule has 0 radical (unpaired) electrons. The molecule has 0 amide bonds. The zero-order valence-electron chi connectivity index (χ0n) is 10.1. The SMILES string of the molecule is O=C1CCCC1CCSc1nc2ccccc2s1. The maximum absolute atomic E-state index is 11.5. The summed E-state index contributed by atoms with van der Waals surface area (Å²) < 4.78 is 2.37. The van der Waals surface area contributed by atoms with Crippen LogP contribution in [0.1, 0.15) is 25.7 Å². The van der Waals surface area contributed by atoms with E-state index in [2.05, 4.69) is 17.1 Å². The molecule has 0 spiro atoms. The van der Waals surface area contributed by atoms with Gasteiger partial charge in [0.25, 0.3) is 0 Å². The van der Waals surface area contributed by atoms with E-state index in [1.807, 2.05) is 12.1 Å². The van der Waals surface area contributed by atoms with Gasteiger partial charge in [0.05, 0.1) is 10.2 Å². The summed E-state index contributed by atoms with van der Waals surface area (Å²) >= 11 is 3.54. The smallest absolute Gasteiger partial charge is 0.151 e. The number of thiazole rings is 1. The van der Waals surface area contributed by atoms with E-state index in [1.54, 1.807) is 23.1 Å². The second-order valence-electron chi connectivity index (χ2n) is 4.64. The van der Waals surface area contributed by atoms with Crippen molar-refractivity contribution in [3.8, 4) is 0 Å². The van der Waals surface area contributed by atoms with Crippen LogP contribution in [0.3, 0.4) is 0 Å². The van der Waals surface area contributed by atoms with Crippen LogP contribution >= 0.6 is 23.1 Å². The number of carbonyl (C=O) groups excluding carboxylic acids is 1. The third-order valence-corrected chi connectivity index (χ3v) is 5.61. The number of thioether (sulfide) groups is 1. The van der Waals surface area contributed by atoms with Crippen LogP contribution in [0.25, 0.3) is 10.2 Å². The Morgan fingerprint density at radius 2 is 2.28 bits per heavy atom. The van der Waals surface area contributed by atoms with E-state index < -0.39 is 0 Å². The average molecular weight is 277 g/mol. The van der Waals surface area contributed by atoms with Crippen molar-refractivity contribution in [2.24, 2.45) is 5.92 Å². The Labute approximate surface area is 115 Å². The molecule has 1 fully saturated rings. The number of carbonyl (C=O) groups is 1. The molecular formula is C14H15NOS2. The van der Waals surface area contributed by atoms with E-state index in [0.29, 0.717) is 11.7 Å². The van der Waals surface area contributed by atoms with Crippen molar-refractivity contribution < 1.29 is 4.79 Å². The number of hydrogen-bond acceptors (Lipinski definition) is 4. The van der Waals surface area contributed by atoms with Gasteiger partial charge < -0.3 is 0 Å². The topological polar surface area (TPSA) is 30.0 Å². The minimum absolute atomic E-state index is 0.326. The number of hydrogen-bond donors (Lipinski definition) is 0. The molecule has 94 valence electrons. The third-order valence-electron chi connectivity index (χ3n) is 3.40. The monoisotopic (exact) mass is 277 g/mol. The molecule has 1 aromatic heterocycles. The van der Waals surface area contributed by atoms with Crippen LogP contribution in [-0.2, 0) is 4.79 Å². The van der Waals surface area contributed by atoms with Gasteiger partial charge in [-0.1, -0.05) is 23.9 Å². The minimum Gasteiger partial charge on any atom is -0.299 e. The van der Waals surface area contributed by atoms with Crippen molar-refractivity contribution in [3.63, 3.8) is 0 Å². The van der Waals surface area contributed by atoms with E-state index >= 15 is 0 Å². The summed E-state index contributed by atoms with van der Waals surface area (Å²) in [7, 11) is 0. The fourth-order valence-electron chi connectivity index (χ4n) is 2.39. The van der Waals surface area contributed by atoms with Crippen LogP contribution in [0.15, 0.2) is 28.6 Å². The van der Waals surface area contributed by atoms with Gasteiger partial charge in [0.1, 0.15) is 5.78 Å². The van der Waals surface area contributed by atoms with Crippen molar-refractivity contribution in [1.82, 2.24) is 4.98 Å². The molecule has 0 bridgehead atoms. The lowest BCUT2D eigenvalue weighted by atomic mass is 10.1. The molecule has 1 atom stereocenters. The normalized spacial score (nSPS) is 19.8. The van der Waals surface area contributed by atoms with Crippen molar-refractivity contribution in [1.29, 1.82) is 0 Å². The van der Waals surface area contributed by atoms with E-state index in [1.165, 1.54) is 4.70 Å². The lowest BCUT2D eigenvalue weighted by molar-refractivity contribution is -0.120. The Balaban J connectivity index is 1.58.